The fraction of sp³-hybridized carbons (Fsp3) is 0.500. The van der Waals surface area contributed by atoms with Gasteiger partial charge in [-0.2, -0.15) is 13.2 Å². The zero-order valence-corrected chi connectivity index (χ0v) is 11.1. The number of rotatable bonds is 4. The van der Waals surface area contributed by atoms with Crippen molar-refractivity contribution >= 4 is 5.91 Å². The lowest BCUT2D eigenvalue weighted by atomic mass is 9.64. The van der Waals surface area contributed by atoms with Crippen molar-refractivity contribution in [3.8, 4) is 0 Å². The van der Waals surface area contributed by atoms with Crippen molar-refractivity contribution in [2.45, 2.75) is 37.8 Å². The van der Waals surface area contributed by atoms with E-state index in [0.29, 0.717) is 12.8 Å². The largest absolute Gasteiger partial charge is 0.414 e. The molecule has 1 aromatic carbocycles. The van der Waals surface area contributed by atoms with Gasteiger partial charge in [-0.1, -0.05) is 36.2 Å². The van der Waals surface area contributed by atoms with Crippen LogP contribution in [0.3, 0.4) is 0 Å². The van der Waals surface area contributed by atoms with Crippen molar-refractivity contribution in [2.24, 2.45) is 0 Å². The van der Waals surface area contributed by atoms with Crippen LogP contribution in [-0.4, -0.2) is 18.7 Å². The van der Waals surface area contributed by atoms with Crippen molar-refractivity contribution in [1.29, 1.82) is 0 Å². The van der Waals surface area contributed by atoms with Crippen LogP contribution < -0.4 is 5.48 Å². The molecule has 1 amide bonds. The molecule has 1 aliphatic carbocycles. The van der Waals surface area contributed by atoms with Gasteiger partial charge in [0.2, 0.25) is 0 Å². The molecule has 2 rings (SSSR count). The summed E-state index contributed by atoms with van der Waals surface area (Å²) in [5, 5.41) is 0. The van der Waals surface area contributed by atoms with Crippen LogP contribution >= 0.6 is 0 Å². The lowest BCUT2D eigenvalue weighted by Crippen LogP contribution is -2.49. The lowest BCUT2D eigenvalue weighted by molar-refractivity contribution is -0.194. The average molecular weight is 287 g/mol. The number of hydrogen-bond acceptors (Lipinski definition) is 2. The standard InChI is InChI=1S/C14H16F3NO2/c1-10-4-2-5-11(8-10)13(6-3-7-13)12(19)18-20-9-14(15,16)17/h2,4-5,8H,3,6-7,9H2,1H3,(H,18,19). The highest BCUT2D eigenvalue weighted by atomic mass is 19.4. The Morgan fingerprint density at radius 3 is 2.60 bits per heavy atom. The third-order valence-corrected chi connectivity index (χ3v) is 3.61. The monoisotopic (exact) mass is 287 g/mol. The van der Waals surface area contributed by atoms with Gasteiger partial charge in [-0.15, -0.1) is 0 Å². The average Bonchev–Trinajstić information content (AvgIpc) is 2.25. The molecule has 1 N–H and O–H groups in total. The van der Waals surface area contributed by atoms with Gasteiger partial charge in [0.1, 0.15) is 0 Å². The highest BCUT2D eigenvalue weighted by Gasteiger charge is 2.46. The number of hydroxylamine groups is 1. The van der Waals surface area contributed by atoms with Crippen LogP contribution in [0.5, 0.6) is 0 Å². The number of carbonyl (C=O) groups is 1. The van der Waals surface area contributed by atoms with E-state index in [-0.39, 0.29) is 0 Å². The number of halogens is 3. The molecule has 0 heterocycles. The minimum atomic E-state index is -4.45. The van der Waals surface area contributed by atoms with Crippen LogP contribution in [-0.2, 0) is 15.0 Å². The normalized spacial score (nSPS) is 17.4. The zero-order valence-electron chi connectivity index (χ0n) is 11.1. The molecule has 1 saturated carbocycles. The van der Waals surface area contributed by atoms with Crippen molar-refractivity contribution < 1.29 is 22.8 Å². The fourth-order valence-corrected chi connectivity index (χ4v) is 2.40. The predicted molar refractivity (Wildman–Crippen MR) is 66.9 cm³/mol. The highest BCUT2D eigenvalue weighted by Crippen LogP contribution is 2.44. The minimum absolute atomic E-state index is 0.501. The summed E-state index contributed by atoms with van der Waals surface area (Å²) >= 11 is 0. The van der Waals surface area contributed by atoms with Crippen LogP contribution in [0.25, 0.3) is 0 Å². The van der Waals surface area contributed by atoms with Crippen molar-refractivity contribution in [3.05, 3.63) is 35.4 Å². The number of alkyl halides is 3. The van der Waals surface area contributed by atoms with Crippen molar-refractivity contribution in [3.63, 3.8) is 0 Å². The van der Waals surface area contributed by atoms with Gasteiger partial charge < -0.3 is 0 Å². The van der Waals surface area contributed by atoms with Gasteiger partial charge in [0.25, 0.3) is 5.91 Å². The lowest BCUT2D eigenvalue weighted by Gasteiger charge is -2.40. The Labute approximate surface area is 115 Å². The molecular formula is C14H16F3NO2. The number of hydrogen-bond donors (Lipinski definition) is 1. The Morgan fingerprint density at radius 2 is 2.10 bits per heavy atom. The number of amides is 1. The van der Waals surface area contributed by atoms with E-state index in [1.165, 1.54) is 0 Å². The molecule has 0 spiro atoms. The first kappa shape index (κ1) is 14.8. The molecule has 0 aliphatic heterocycles. The summed E-state index contributed by atoms with van der Waals surface area (Å²) in [6.45, 7) is 0.427. The van der Waals surface area contributed by atoms with Gasteiger partial charge in [-0.05, 0) is 25.3 Å². The van der Waals surface area contributed by atoms with Crippen LogP contribution in [0.15, 0.2) is 24.3 Å². The first-order valence-corrected chi connectivity index (χ1v) is 6.40. The van der Waals surface area contributed by atoms with Gasteiger partial charge >= 0.3 is 6.18 Å². The summed E-state index contributed by atoms with van der Waals surface area (Å²) in [6, 6.07) is 7.47. The molecular weight excluding hydrogens is 271 g/mol. The van der Waals surface area contributed by atoms with Crippen LogP contribution in [0.4, 0.5) is 13.2 Å². The summed E-state index contributed by atoms with van der Waals surface area (Å²) in [6.07, 6.45) is -2.33. The fourth-order valence-electron chi connectivity index (χ4n) is 2.40. The van der Waals surface area contributed by atoms with E-state index in [9.17, 15) is 18.0 Å². The molecule has 20 heavy (non-hydrogen) atoms. The molecule has 6 heteroatoms. The number of aryl methyl sites for hydroxylation is 1. The van der Waals surface area contributed by atoms with Crippen LogP contribution in [0.1, 0.15) is 30.4 Å². The molecule has 110 valence electrons. The van der Waals surface area contributed by atoms with Gasteiger partial charge in [-0.3, -0.25) is 9.63 Å². The van der Waals surface area contributed by atoms with E-state index in [1.807, 2.05) is 36.7 Å². The van der Waals surface area contributed by atoms with Crippen molar-refractivity contribution in [2.75, 3.05) is 6.61 Å². The molecule has 0 atom stereocenters. The maximum Gasteiger partial charge on any atom is 0.414 e. The molecule has 1 aromatic rings. The highest BCUT2D eigenvalue weighted by molar-refractivity contribution is 5.88. The number of carbonyl (C=O) groups excluding carboxylic acids is 1. The zero-order chi connectivity index (χ0) is 14.8. The second-order valence-electron chi connectivity index (χ2n) is 5.14. The smallest absolute Gasteiger partial charge is 0.272 e. The Morgan fingerprint density at radius 1 is 1.40 bits per heavy atom. The summed E-state index contributed by atoms with van der Waals surface area (Å²) in [4.78, 5) is 16.4. The van der Waals surface area contributed by atoms with Gasteiger partial charge in [0.15, 0.2) is 6.61 Å². The maximum atomic E-state index is 12.1. The van der Waals surface area contributed by atoms with Gasteiger partial charge in [0, 0.05) is 0 Å². The van der Waals surface area contributed by atoms with Crippen LogP contribution in [0, 0.1) is 6.92 Å². The Bertz CT molecular complexity index is 495. The molecule has 1 aliphatic rings. The molecule has 1 fully saturated rings. The Balaban J connectivity index is 2.06. The summed E-state index contributed by atoms with van der Waals surface area (Å²) in [7, 11) is 0. The van der Waals surface area contributed by atoms with E-state index in [0.717, 1.165) is 17.5 Å². The summed E-state index contributed by atoms with van der Waals surface area (Å²) in [5.41, 5.74) is 3.03. The number of benzene rings is 1. The van der Waals surface area contributed by atoms with Crippen LogP contribution in [0.2, 0.25) is 0 Å². The molecule has 0 aromatic heterocycles. The first-order valence-electron chi connectivity index (χ1n) is 6.40. The third-order valence-electron chi connectivity index (χ3n) is 3.61. The molecule has 3 nitrogen and oxygen atoms in total. The molecule has 0 unspecified atom stereocenters. The second-order valence-corrected chi connectivity index (χ2v) is 5.14. The van der Waals surface area contributed by atoms with Gasteiger partial charge in [0.05, 0.1) is 5.41 Å². The topological polar surface area (TPSA) is 38.3 Å². The predicted octanol–water partition coefficient (Wildman–Crippen LogP) is 3.03. The van der Waals surface area contributed by atoms with E-state index < -0.39 is 24.1 Å². The van der Waals surface area contributed by atoms with E-state index >= 15 is 0 Å². The quantitative estimate of drug-likeness (QED) is 0.864. The summed E-state index contributed by atoms with van der Waals surface area (Å²) in [5.74, 6) is -0.501. The van der Waals surface area contributed by atoms with E-state index in [1.54, 1.807) is 0 Å². The first-order chi connectivity index (χ1) is 9.33. The minimum Gasteiger partial charge on any atom is -0.272 e. The molecule has 0 bridgehead atoms. The second kappa shape index (κ2) is 5.44. The number of nitrogens with one attached hydrogen (secondary N) is 1. The van der Waals surface area contributed by atoms with E-state index in [4.69, 9.17) is 0 Å². The maximum absolute atomic E-state index is 12.1. The Hall–Kier alpha value is -1.56. The molecule has 0 radical (unpaired) electrons. The SMILES string of the molecule is Cc1cccc(C2(C(=O)NOCC(F)(F)F)CCC2)c1. The molecule has 0 saturated heterocycles. The van der Waals surface area contributed by atoms with E-state index in [2.05, 4.69) is 4.84 Å². The third kappa shape index (κ3) is 3.12. The Kier molecular flexibility index (Phi) is 4.04. The van der Waals surface area contributed by atoms with Crippen molar-refractivity contribution in [1.82, 2.24) is 5.48 Å². The summed E-state index contributed by atoms with van der Waals surface area (Å²) < 4.78 is 36.0. The van der Waals surface area contributed by atoms with Gasteiger partial charge in [-0.25, -0.2) is 5.48 Å².